The molecule has 28 heavy (non-hydrogen) atoms. The van der Waals surface area contributed by atoms with Gasteiger partial charge in [-0.05, 0) is 18.2 Å². The van der Waals surface area contributed by atoms with Crippen molar-refractivity contribution in [2.75, 3.05) is 4.72 Å². The van der Waals surface area contributed by atoms with E-state index in [1.165, 1.54) is 35.4 Å². The van der Waals surface area contributed by atoms with Crippen LogP contribution in [0.4, 0.5) is 11.4 Å². The second-order valence-electron chi connectivity index (χ2n) is 6.37. The highest BCUT2D eigenvalue weighted by atomic mass is 32.2. The number of non-ortho nitro benzene ring substituents is 1. The summed E-state index contributed by atoms with van der Waals surface area (Å²) in [5, 5.41) is 12.2. The molecule has 1 fully saturated rings. The number of anilines is 1. The van der Waals surface area contributed by atoms with Gasteiger partial charge >= 0.3 is 0 Å². The predicted octanol–water partition coefficient (Wildman–Crippen LogP) is 2.48. The van der Waals surface area contributed by atoms with Gasteiger partial charge in [-0.25, -0.2) is 13.5 Å². The summed E-state index contributed by atoms with van der Waals surface area (Å²) >= 11 is 0. The average molecular weight is 401 g/mol. The molecule has 0 saturated carbocycles. The number of benzene rings is 2. The normalized spacial score (nSPS) is 20.4. The fourth-order valence-corrected chi connectivity index (χ4v) is 4.29. The first-order valence-corrected chi connectivity index (χ1v) is 9.88. The number of nitro benzene ring substituents is 1. The highest BCUT2D eigenvalue weighted by molar-refractivity contribution is 7.92. The number of fused-ring (bicyclic) bond motifs is 2. The number of nitrogens with zero attached hydrogens (tertiary/aromatic N) is 2. The number of hydroxylamine groups is 2. The van der Waals surface area contributed by atoms with Crippen molar-refractivity contribution in [2.45, 2.75) is 23.5 Å². The standard InChI is InChI=1S/C18H15N3O6S/c22-18(20-12-8-9-14(10-12)27-20)16-6-1-2-7-17(16)19-28(25,26)15-5-3-4-13(11-15)21(23)24/h1-9,11-12,14,19H,10H2/t12-,14+/m1/s1. The summed E-state index contributed by atoms with van der Waals surface area (Å²) < 4.78 is 27.7. The third-order valence-corrected chi connectivity index (χ3v) is 5.88. The molecule has 0 spiro atoms. The molecular weight excluding hydrogens is 386 g/mol. The van der Waals surface area contributed by atoms with Gasteiger partial charge in [-0.1, -0.05) is 30.4 Å². The lowest BCUT2D eigenvalue weighted by Gasteiger charge is -2.23. The maximum Gasteiger partial charge on any atom is 0.280 e. The highest BCUT2D eigenvalue weighted by Gasteiger charge is 2.39. The summed E-state index contributed by atoms with van der Waals surface area (Å²) in [5.74, 6) is -0.464. The fraction of sp³-hybridized carbons (Fsp3) is 0.167. The number of amides is 1. The van der Waals surface area contributed by atoms with Crippen molar-refractivity contribution in [3.8, 4) is 0 Å². The van der Waals surface area contributed by atoms with E-state index in [1.54, 1.807) is 12.1 Å². The summed E-state index contributed by atoms with van der Waals surface area (Å²) in [5.41, 5.74) is -0.160. The zero-order chi connectivity index (χ0) is 19.9. The Balaban J connectivity index is 1.64. The first kappa shape index (κ1) is 18.1. The minimum atomic E-state index is -4.14. The van der Waals surface area contributed by atoms with E-state index in [1.807, 2.05) is 12.2 Å². The molecule has 9 nitrogen and oxygen atoms in total. The Labute approximate surface area is 160 Å². The van der Waals surface area contributed by atoms with Gasteiger partial charge in [0.2, 0.25) is 0 Å². The molecule has 144 valence electrons. The third kappa shape index (κ3) is 3.23. The van der Waals surface area contributed by atoms with Crippen molar-refractivity contribution in [2.24, 2.45) is 0 Å². The molecule has 1 amide bonds. The Bertz CT molecular complexity index is 1100. The van der Waals surface area contributed by atoms with Crippen molar-refractivity contribution >= 4 is 27.3 Å². The largest absolute Gasteiger partial charge is 0.280 e. The summed E-state index contributed by atoms with van der Waals surface area (Å²) in [6.07, 6.45) is 4.28. The number of nitro groups is 1. The molecule has 0 radical (unpaired) electrons. The van der Waals surface area contributed by atoms with Crippen molar-refractivity contribution in [3.63, 3.8) is 0 Å². The van der Waals surface area contributed by atoms with Gasteiger partial charge in [0.15, 0.2) is 0 Å². The number of hydrogen-bond acceptors (Lipinski definition) is 6. The van der Waals surface area contributed by atoms with Gasteiger partial charge in [-0.3, -0.25) is 24.5 Å². The third-order valence-electron chi connectivity index (χ3n) is 4.51. The molecule has 2 aromatic rings. The molecule has 10 heteroatoms. The Morgan fingerprint density at radius 3 is 2.64 bits per heavy atom. The van der Waals surface area contributed by atoms with Gasteiger partial charge < -0.3 is 0 Å². The molecule has 1 saturated heterocycles. The van der Waals surface area contributed by atoms with Crippen molar-refractivity contribution in [3.05, 3.63) is 76.4 Å². The molecule has 2 aliphatic rings. The Kier molecular flexibility index (Phi) is 4.36. The molecule has 2 atom stereocenters. The molecule has 2 bridgehead atoms. The molecule has 0 unspecified atom stereocenters. The maximum atomic E-state index is 12.9. The van der Waals surface area contributed by atoms with Crippen molar-refractivity contribution in [1.29, 1.82) is 0 Å². The van der Waals surface area contributed by atoms with Crippen LogP contribution < -0.4 is 4.72 Å². The second kappa shape index (κ2) is 6.73. The SMILES string of the molecule is O=C(c1ccccc1NS(=O)(=O)c1cccc([N+](=O)[O-])c1)N1O[C@H]2C=C[C@@H]1C2. The van der Waals surface area contributed by atoms with Gasteiger partial charge in [0, 0.05) is 18.6 Å². The van der Waals surface area contributed by atoms with Crippen LogP contribution in [-0.2, 0) is 14.9 Å². The van der Waals surface area contributed by atoms with E-state index in [-0.39, 0.29) is 34.0 Å². The zero-order valence-corrected chi connectivity index (χ0v) is 15.2. The first-order valence-electron chi connectivity index (χ1n) is 8.40. The summed E-state index contributed by atoms with van der Waals surface area (Å²) in [6.45, 7) is 0. The van der Waals surface area contributed by atoms with Gasteiger partial charge in [0.05, 0.1) is 27.1 Å². The monoisotopic (exact) mass is 401 g/mol. The lowest BCUT2D eigenvalue weighted by molar-refractivity contribution is -0.385. The van der Waals surface area contributed by atoms with Crippen LogP contribution in [0.2, 0.25) is 0 Å². The van der Waals surface area contributed by atoms with E-state index in [0.29, 0.717) is 6.42 Å². The maximum absolute atomic E-state index is 12.9. The number of nitrogens with one attached hydrogen (secondary N) is 1. The summed E-state index contributed by atoms with van der Waals surface area (Å²) in [6, 6.07) is 10.6. The van der Waals surface area contributed by atoms with E-state index >= 15 is 0 Å². The van der Waals surface area contributed by atoms with Gasteiger partial charge in [0.1, 0.15) is 6.10 Å². The average Bonchev–Trinajstić information content (AvgIpc) is 3.31. The minimum Gasteiger partial charge on any atom is -0.279 e. The number of hydrogen-bond donors (Lipinski definition) is 1. The summed E-state index contributed by atoms with van der Waals surface area (Å²) in [7, 11) is -4.14. The van der Waals surface area contributed by atoms with Crippen LogP contribution in [0.1, 0.15) is 16.8 Å². The molecule has 1 heterocycles. The Morgan fingerprint density at radius 2 is 1.96 bits per heavy atom. The molecular formula is C18H15N3O6S. The quantitative estimate of drug-likeness (QED) is 0.467. The smallest absolute Gasteiger partial charge is 0.279 e. The number of carbonyl (C=O) groups excluding carboxylic acids is 1. The molecule has 0 aromatic heterocycles. The van der Waals surface area contributed by atoms with E-state index < -0.39 is 20.9 Å². The van der Waals surface area contributed by atoms with Gasteiger partial charge in [-0.2, -0.15) is 0 Å². The van der Waals surface area contributed by atoms with E-state index in [9.17, 15) is 23.3 Å². The zero-order valence-electron chi connectivity index (χ0n) is 14.4. The molecule has 2 aromatic carbocycles. The van der Waals surface area contributed by atoms with Crippen LogP contribution in [-0.4, -0.2) is 36.5 Å². The number of sulfonamides is 1. The van der Waals surface area contributed by atoms with E-state index in [4.69, 9.17) is 4.84 Å². The van der Waals surface area contributed by atoms with Gasteiger partial charge in [-0.15, -0.1) is 0 Å². The second-order valence-corrected chi connectivity index (χ2v) is 8.05. The number of rotatable bonds is 5. The van der Waals surface area contributed by atoms with Crippen LogP contribution in [0, 0.1) is 10.1 Å². The van der Waals surface area contributed by atoms with Crippen molar-refractivity contribution in [1.82, 2.24) is 5.06 Å². The Hall–Kier alpha value is -3.24. The van der Waals surface area contributed by atoms with Crippen LogP contribution in [0.3, 0.4) is 0 Å². The number of carbonyl (C=O) groups is 1. The van der Waals surface area contributed by atoms with Gasteiger partial charge in [0.25, 0.3) is 21.6 Å². The lowest BCUT2D eigenvalue weighted by Crippen LogP contribution is -2.35. The minimum absolute atomic E-state index is 0.0642. The molecule has 1 aliphatic heterocycles. The van der Waals surface area contributed by atoms with E-state index in [2.05, 4.69) is 4.72 Å². The summed E-state index contributed by atoms with van der Waals surface area (Å²) in [4.78, 5) is 28.4. The van der Waals surface area contributed by atoms with E-state index in [0.717, 1.165) is 6.07 Å². The Morgan fingerprint density at radius 1 is 1.18 bits per heavy atom. The molecule has 4 rings (SSSR count). The highest BCUT2D eigenvalue weighted by Crippen LogP contribution is 2.32. The predicted molar refractivity (Wildman–Crippen MR) is 98.9 cm³/mol. The van der Waals surface area contributed by atoms with Crippen LogP contribution in [0.5, 0.6) is 0 Å². The molecule has 1 N–H and O–H groups in total. The lowest BCUT2D eigenvalue weighted by atomic mass is 10.1. The van der Waals surface area contributed by atoms with Crippen molar-refractivity contribution < 1.29 is 23.0 Å². The topological polar surface area (TPSA) is 119 Å². The van der Waals surface area contributed by atoms with Crippen LogP contribution >= 0.6 is 0 Å². The molecule has 1 aliphatic carbocycles. The van der Waals surface area contributed by atoms with Crippen LogP contribution in [0.25, 0.3) is 0 Å². The fourth-order valence-electron chi connectivity index (χ4n) is 3.17. The van der Waals surface area contributed by atoms with Crippen LogP contribution in [0.15, 0.2) is 65.6 Å². The number of para-hydroxylation sites is 1. The first-order chi connectivity index (χ1) is 13.3.